The van der Waals surface area contributed by atoms with E-state index in [-0.39, 0.29) is 29.0 Å². The first kappa shape index (κ1) is 55.8. The van der Waals surface area contributed by atoms with Gasteiger partial charge in [-0.3, -0.25) is 9.59 Å². The standard InChI is InChI=1S/C49H42F12N2O9/c1-6-7-25(2)62-28-12-21-37(45(70,48(56,57)58)49(59,60)61)38(22-28)63-40(65)36-24-32(18-20-34(36)42(68)69)72-30-15-10-27(11-16-30)44(46(50,51)52,47(53,54)55)26-8-13-29(14-9-26)71-31-17-19-33(41(66)67)35(23-31)39(64)43(3,4)5/h6,8-21,23-25,28,62,70H,1,7,22H2,2-5H3,(H,63,65)(H,66,67)(H,68,69). The number of hydrogen-bond donors (Lipinski definition) is 5. The molecule has 0 fully saturated rings. The molecule has 386 valence electrons. The number of nitrogens with one attached hydrogen (secondary N) is 2. The van der Waals surface area contributed by atoms with Gasteiger partial charge in [0, 0.05) is 40.8 Å². The van der Waals surface area contributed by atoms with E-state index in [9.17, 15) is 60.8 Å². The van der Waals surface area contributed by atoms with Crippen LogP contribution in [0.25, 0.3) is 0 Å². The van der Waals surface area contributed by atoms with Gasteiger partial charge >= 0.3 is 36.6 Å². The molecule has 1 amide bonds. The Hall–Kier alpha value is -7.14. The monoisotopic (exact) mass is 1030 g/mol. The quantitative estimate of drug-likeness (QED) is 0.0413. The molecule has 2 unspecified atom stereocenters. The molecule has 72 heavy (non-hydrogen) atoms. The second kappa shape index (κ2) is 20.2. The molecular formula is C49H42F12N2O9. The van der Waals surface area contributed by atoms with E-state index in [2.05, 4.69) is 11.9 Å². The van der Waals surface area contributed by atoms with E-state index in [0.29, 0.717) is 54.6 Å². The Balaban J connectivity index is 1.50. The number of Topliss-reactive ketones (excluding diaryl/α,β-unsaturated/α-hetero) is 1. The number of carboxylic acid groups (broad SMARTS) is 2. The third kappa shape index (κ3) is 11.2. The molecule has 0 aliphatic heterocycles. The highest BCUT2D eigenvalue weighted by atomic mass is 19.4. The van der Waals surface area contributed by atoms with E-state index < -0.39 is 128 Å². The van der Waals surface area contributed by atoms with E-state index in [1.54, 1.807) is 6.92 Å². The molecule has 1 aliphatic carbocycles. The number of aliphatic hydroxyl groups is 1. The predicted molar refractivity (Wildman–Crippen MR) is 233 cm³/mol. The van der Waals surface area contributed by atoms with Crippen LogP contribution in [0, 0.1) is 5.41 Å². The van der Waals surface area contributed by atoms with Gasteiger partial charge in [-0.05, 0) is 85.1 Å². The summed E-state index contributed by atoms with van der Waals surface area (Å²) in [6, 6.07) is 8.57. The van der Waals surface area contributed by atoms with Gasteiger partial charge in [0.05, 0.1) is 16.7 Å². The van der Waals surface area contributed by atoms with E-state index in [0.717, 1.165) is 42.5 Å². The molecule has 2 atom stereocenters. The van der Waals surface area contributed by atoms with Crippen LogP contribution in [-0.2, 0) is 5.41 Å². The van der Waals surface area contributed by atoms with Crippen LogP contribution >= 0.6 is 0 Å². The van der Waals surface area contributed by atoms with Crippen LogP contribution in [0.2, 0.25) is 0 Å². The number of halogens is 12. The van der Waals surface area contributed by atoms with Crippen LogP contribution in [0.4, 0.5) is 52.7 Å². The van der Waals surface area contributed by atoms with Crippen molar-refractivity contribution in [1.82, 2.24) is 10.6 Å². The van der Waals surface area contributed by atoms with Crippen molar-refractivity contribution in [2.75, 3.05) is 0 Å². The molecule has 0 heterocycles. The zero-order chi connectivity index (χ0) is 54.2. The highest BCUT2D eigenvalue weighted by Gasteiger charge is 2.73. The number of carbonyl (C=O) groups is 4. The lowest BCUT2D eigenvalue weighted by Gasteiger charge is -2.38. The summed E-state index contributed by atoms with van der Waals surface area (Å²) in [6.07, 6.45) is -22.9. The first-order valence-electron chi connectivity index (χ1n) is 21.0. The highest BCUT2D eigenvalue weighted by molar-refractivity contribution is 6.08. The van der Waals surface area contributed by atoms with Crippen molar-refractivity contribution < 1.29 is 96.7 Å². The van der Waals surface area contributed by atoms with Crippen molar-refractivity contribution in [2.24, 2.45) is 5.41 Å². The van der Waals surface area contributed by atoms with E-state index in [1.165, 1.54) is 26.8 Å². The maximum Gasteiger partial charge on any atom is 0.430 e. The molecule has 5 N–H and O–H groups in total. The molecule has 0 spiro atoms. The summed E-state index contributed by atoms with van der Waals surface area (Å²) >= 11 is 0. The zero-order valence-corrected chi connectivity index (χ0v) is 37.9. The molecule has 0 saturated carbocycles. The number of alkyl halides is 12. The summed E-state index contributed by atoms with van der Waals surface area (Å²) < 4.78 is 186. The predicted octanol–water partition coefficient (Wildman–Crippen LogP) is 12.0. The minimum Gasteiger partial charge on any atom is -0.478 e. The minimum absolute atomic E-state index is 0.178. The van der Waals surface area contributed by atoms with Crippen LogP contribution < -0.4 is 20.1 Å². The van der Waals surface area contributed by atoms with Gasteiger partial charge in [-0.25, -0.2) is 9.59 Å². The summed E-state index contributed by atoms with van der Waals surface area (Å²) in [6.45, 7) is 9.67. The lowest BCUT2D eigenvalue weighted by molar-refractivity contribution is -0.351. The number of aromatic carboxylic acids is 2. The number of rotatable bonds is 16. The van der Waals surface area contributed by atoms with Crippen LogP contribution in [0.1, 0.15) is 93.1 Å². The van der Waals surface area contributed by atoms with Crippen molar-refractivity contribution in [3.05, 3.63) is 154 Å². The Morgan fingerprint density at radius 1 is 0.653 bits per heavy atom. The van der Waals surface area contributed by atoms with Crippen molar-refractivity contribution >= 4 is 23.6 Å². The molecule has 11 nitrogen and oxygen atoms in total. The van der Waals surface area contributed by atoms with Crippen molar-refractivity contribution in [3.63, 3.8) is 0 Å². The van der Waals surface area contributed by atoms with E-state index >= 15 is 26.3 Å². The highest BCUT2D eigenvalue weighted by Crippen LogP contribution is 2.57. The third-order valence-corrected chi connectivity index (χ3v) is 11.2. The van der Waals surface area contributed by atoms with Crippen molar-refractivity contribution in [3.8, 4) is 23.0 Å². The summed E-state index contributed by atoms with van der Waals surface area (Å²) in [7, 11) is 0. The Morgan fingerprint density at radius 2 is 1.07 bits per heavy atom. The molecule has 0 radical (unpaired) electrons. The largest absolute Gasteiger partial charge is 0.478 e. The molecule has 23 heteroatoms. The zero-order valence-electron chi connectivity index (χ0n) is 37.9. The summed E-state index contributed by atoms with van der Waals surface area (Å²) in [5, 5.41) is 34.5. The average molecular weight is 1030 g/mol. The number of ether oxygens (including phenoxy) is 2. The Bertz CT molecular complexity index is 2760. The summed E-state index contributed by atoms with van der Waals surface area (Å²) in [5.74, 6) is -7.09. The summed E-state index contributed by atoms with van der Waals surface area (Å²) in [5.41, 5.74) is -19.6. The molecule has 4 aromatic rings. The maximum atomic E-state index is 15.1. The van der Waals surface area contributed by atoms with Gasteiger partial charge in [-0.1, -0.05) is 63.3 Å². The number of benzene rings is 4. The van der Waals surface area contributed by atoms with Gasteiger partial charge in [-0.15, -0.1) is 6.58 Å². The lowest BCUT2D eigenvalue weighted by Crippen LogP contribution is -2.59. The van der Waals surface area contributed by atoms with Crippen LogP contribution in [0.15, 0.2) is 121 Å². The van der Waals surface area contributed by atoms with Gasteiger partial charge < -0.3 is 35.4 Å². The van der Waals surface area contributed by atoms with Gasteiger partial charge in [-0.2, -0.15) is 52.7 Å². The van der Waals surface area contributed by atoms with Crippen LogP contribution in [0.3, 0.4) is 0 Å². The Labute approximate surface area is 401 Å². The number of ketones is 1. The van der Waals surface area contributed by atoms with Crippen LogP contribution in [-0.4, -0.2) is 81.3 Å². The van der Waals surface area contributed by atoms with E-state index in [4.69, 9.17) is 9.47 Å². The number of hydrogen-bond acceptors (Lipinski definition) is 8. The number of carboxylic acids is 2. The second-order valence-corrected chi connectivity index (χ2v) is 17.4. The van der Waals surface area contributed by atoms with Gasteiger partial charge in [0.15, 0.2) is 5.78 Å². The molecule has 0 saturated heterocycles. The van der Waals surface area contributed by atoms with Gasteiger partial charge in [0.25, 0.3) is 11.5 Å². The van der Waals surface area contributed by atoms with Crippen molar-refractivity contribution in [2.45, 2.75) is 88.3 Å². The Kier molecular flexibility index (Phi) is 15.6. The first-order valence-corrected chi connectivity index (χ1v) is 21.0. The molecular weight excluding hydrogens is 989 g/mol. The fourth-order valence-electron chi connectivity index (χ4n) is 7.76. The minimum atomic E-state index is -6.41. The second-order valence-electron chi connectivity index (χ2n) is 17.4. The molecule has 0 bridgehead atoms. The molecule has 5 rings (SSSR count). The van der Waals surface area contributed by atoms with E-state index in [1.807, 2.05) is 5.32 Å². The average Bonchev–Trinajstić information content (AvgIpc) is 3.25. The van der Waals surface area contributed by atoms with Gasteiger partial charge in [0.2, 0.25) is 5.41 Å². The summed E-state index contributed by atoms with van der Waals surface area (Å²) in [4.78, 5) is 50.7. The fourth-order valence-corrected chi connectivity index (χ4v) is 7.76. The SMILES string of the molecule is C=CCC(C)NC1C=CC(C(O)(C(F)(F)F)C(F)(F)F)=C(NC(=O)c2cc(Oc3ccc(C(c4ccc(Oc5ccc(C(=O)O)c(C(=O)C(C)(C)C)c5)cc4)(C(F)(F)F)C(F)(F)F)cc3)ccc2C(=O)O)C1. The fraction of sp³-hybridized carbons (Fsp3) is 0.306. The number of carbonyl (C=O) groups excluding carboxylic acids is 2. The number of amides is 1. The molecule has 4 aromatic carbocycles. The van der Waals surface area contributed by atoms with Crippen LogP contribution in [0.5, 0.6) is 23.0 Å². The first-order chi connectivity index (χ1) is 33.1. The third-order valence-electron chi connectivity index (χ3n) is 11.2. The smallest absolute Gasteiger partial charge is 0.430 e. The molecule has 0 aromatic heterocycles. The van der Waals surface area contributed by atoms with Gasteiger partial charge in [0.1, 0.15) is 23.0 Å². The topological polar surface area (TPSA) is 171 Å². The van der Waals surface area contributed by atoms with Crippen molar-refractivity contribution in [1.29, 1.82) is 0 Å². The maximum absolute atomic E-state index is 15.1. The lowest BCUT2D eigenvalue weighted by atomic mass is 9.73. The Morgan fingerprint density at radius 3 is 1.46 bits per heavy atom. The molecule has 1 aliphatic rings. The normalized spacial score (nSPS) is 15.4.